The molecule has 0 atom stereocenters. The molecule has 0 spiro atoms. The standard InChI is InChI=1S/C16H15ClIN5O4/c1-26-14-7-11(8-20-21-16(19)22-23(24)25)6-13(18)15(14)27-9-10-2-4-12(17)5-3-10/h2-8H,9H2,1H3,(H3,19,21,22). The Balaban J connectivity index is 2.14. The van der Waals surface area contributed by atoms with Crippen LogP contribution in [0.5, 0.6) is 11.5 Å². The molecular formula is C16H15ClIN5O4. The first kappa shape index (κ1) is 20.7. The molecule has 9 nitrogen and oxygen atoms in total. The van der Waals surface area contributed by atoms with Crippen molar-refractivity contribution >= 4 is 46.4 Å². The second-order valence-electron chi connectivity index (χ2n) is 5.05. The average Bonchev–Trinajstić information content (AvgIpc) is 2.61. The Kier molecular flexibility index (Phi) is 7.61. The number of hydrogen-bond donors (Lipinski definition) is 2. The van der Waals surface area contributed by atoms with Gasteiger partial charge in [-0.05, 0) is 58.0 Å². The Bertz CT molecular complexity index is 874. The van der Waals surface area contributed by atoms with Crippen molar-refractivity contribution in [1.82, 2.24) is 5.43 Å². The van der Waals surface area contributed by atoms with Crippen molar-refractivity contribution in [2.75, 3.05) is 7.11 Å². The van der Waals surface area contributed by atoms with Crippen LogP contribution in [0.2, 0.25) is 5.02 Å². The van der Waals surface area contributed by atoms with Gasteiger partial charge in [0.05, 0.1) is 16.9 Å². The molecule has 0 aliphatic carbocycles. The van der Waals surface area contributed by atoms with Gasteiger partial charge in [0.1, 0.15) is 6.61 Å². The fourth-order valence-corrected chi connectivity index (χ4v) is 2.87. The molecule has 0 fully saturated rings. The number of nitrogens with zero attached hydrogens (tertiary/aromatic N) is 3. The van der Waals surface area contributed by atoms with Gasteiger partial charge < -0.3 is 15.2 Å². The molecule has 0 aliphatic rings. The number of halogens is 2. The summed E-state index contributed by atoms with van der Waals surface area (Å²) in [6.45, 7) is 0.352. The van der Waals surface area contributed by atoms with Crippen molar-refractivity contribution in [3.05, 3.63) is 66.2 Å². The molecule has 0 radical (unpaired) electrons. The maximum Gasteiger partial charge on any atom is 0.275 e. The summed E-state index contributed by atoms with van der Waals surface area (Å²) in [5.41, 5.74) is 8.60. The lowest BCUT2D eigenvalue weighted by atomic mass is 10.2. The molecule has 0 saturated carbocycles. The number of hydrogen-bond acceptors (Lipinski definition) is 6. The topological polar surface area (TPSA) is 124 Å². The van der Waals surface area contributed by atoms with Gasteiger partial charge >= 0.3 is 0 Å². The summed E-state index contributed by atoms with van der Waals surface area (Å²) in [4.78, 5) is 10.2. The van der Waals surface area contributed by atoms with Gasteiger partial charge in [0, 0.05) is 5.02 Å². The Morgan fingerprint density at radius 2 is 2.11 bits per heavy atom. The number of rotatable bonds is 7. The molecule has 0 heterocycles. The third-order valence-corrected chi connectivity index (χ3v) is 4.18. The summed E-state index contributed by atoms with van der Waals surface area (Å²) in [6.07, 6.45) is 1.39. The second-order valence-corrected chi connectivity index (χ2v) is 6.65. The molecule has 2 aromatic rings. The van der Waals surface area contributed by atoms with Crippen molar-refractivity contribution in [1.29, 1.82) is 0 Å². The second kappa shape index (κ2) is 9.92. The van der Waals surface area contributed by atoms with Crippen LogP contribution < -0.4 is 20.6 Å². The van der Waals surface area contributed by atoms with Gasteiger partial charge in [0.15, 0.2) is 16.5 Å². The SMILES string of the molecule is COc1cc(C=NN=C(N)N[N+](=O)[O-])cc(I)c1OCc1ccc(Cl)cc1. The Morgan fingerprint density at radius 3 is 2.74 bits per heavy atom. The van der Waals surface area contributed by atoms with Crippen molar-refractivity contribution < 1.29 is 14.5 Å². The number of ether oxygens (including phenoxy) is 2. The zero-order valence-corrected chi connectivity index (χ0v) is 17.0. The van der Waals surface area contributed by atoms with Crippen LogP contribution in [0.15, 0.2) is 46.6 Å². The lowest BCUT2D eigenvalue weighted by Crippen LogP contribution is -2.35. The van der Waals surface area contributed by atoms with Gasteiger partial charge in [0.2, 0.25) is 0 Å². The monoisotopic (exact) mass is 503 g/mol. The largest absolute Gasteiger partial charge is 0.493 e. The molecule has 142 valence electrons. The maximum absolute atomic E-state index is 10.2. The van der Waals surface area contributed by atoms with Gasteiger partial charge in [-0.15, -0.1) is 5.10 Å². The fourth-order valence-electron chi connectivity index (χ4n) is 1.96. The summed E-state index contributed by atoms with van der Waals surface area (Å²) in [7, 11) is 1.53. The number of nitro groups is 1. The normalized spacial score (nSPS) is 11.4. The minimum absolute atomic E-state index is 0.352. The van der Waals surface area contributed by atoms with Crippen LogP contribution in [0.1, 0.15) is 11.1 Å². The van der Waals surface area contributed by atoms with E-state index in [1.165, 1.54) is 13.3 Å². The smallest absolute Gasteiger partial charge is 0.275 e. The molecule has 3 N–H and O–H groups in total. The minimum Gasteiger partial charge on any atom is -0.493 e. The number of benzene rings is 2. The summed E-state index contributed by atoms with van der Waals surface area (Å²) >= 11 is 7.99. The summed E-state index contributed by atoms with van der Waals surface area (Å²) in [6, 6.07) is 10.9. The van der Waals surface area contributed by atoms with Crippen LogP contribution in [0.3, 0.4) is 0 Å². The van der Waals surface area contributed by atoms with Gasteiger partial charge in [-0.3, -0.25) is 0 Å². The van der Waals surface area contributed by atoms with Crippen molar-refractivity contribution in [3.8, 4) is 11.5 Å². The van der Waals surface area contributed by atoms with E-state index in [0.717, 1.165) is 9.13 Å². The molecule has 0 amide bonds. The van der Waals surface area contributed by atoms with E-state index in [9.17, 15) is 10.1 Å². The highest BCUT2D eigenvalue weighted by Crippen LogP contribution is 2.34. The van der Waals surface area contributed by atoms with E-state index in [1.54, 1.807) is 29.7 Å². The number of nitrogens with one attached hydrogen (secondary N) is 1. The quantitative estimate of drug-likeness (QED) is 0.197. The van der Waals surface area contributed by atoms with E-state index >= 15 is 0 Å². The highest BCUT2D eigenvalue weighted by Gasteiger charge is 2.11. The van der Waals surface area contributed by atoms with Gasteiger partial charge in [-0.1, -0.05) is 29.2 Å². The predicted molar refractivity (Wildman–Crippen MR) is 111 cm³/mol. The number of methoxy groups -OCH3 is 1. The van der Waals surface area contributed by atoms with E-state index in [0.29, 0.717) is 28.7 Å². The number of hydrazine groups is 1. The molecule has 0 saturated heterocycles. The first-order chi connectivity index (χ1) is 12.9. The first-order valence-corrected chi connectivity index (χ1v) is 8.87. The van der Waals surface area contributed by atoms with Crippen LogP contribution in [0.4, 0.5) is 0 Å². The van der Waals surface area contributed by atoms with Crippen LogP contribution >= 0.6 is 34.2 Å². The Labute approximate surface area is 173 Å². The van der Waals surface area contributed by atoms with Crippen LogP contribution in [0, 0.1) is 13.7 Å². The fraction of sp³-hybridized carbons (Fsp3) is 0.125. The van der Waals surface area contributed by atoms with E-state index < -0.39 is 11.0 Å². The van der Waals surface area contributed by atoms with E-state index in [2.05, 4.69) is 32.8 Å². The highest BCUT2D eigenvalue weighted by atomic mass is 127. The molecule has 0 aliphatic heterocycles. The van der Waals surface area contributed by atoms with Crippen molar-refractivity contribution in [3.63, 3.8) is 0 Å². The Morgan fingerprint density at radius 1 is 1.41 bits per heavy atom. The summed E-state index contributed by atoms with van der Waals surface area (Å²) in [5.74, 6) is 0.668. The third-order valence-electron chi connectivity index (χ3n) is 3.13. The van der Waals surface area contributed by atoms with Crippen LogP contribution in [0.25, 0.3) is 0 Å². The molecule has 2 aromatic carbocycles. The van der Waals surface area contributed by atoms with Crippen molar-refractivity contribution in [2.24, 2.45) is 15.9 Å². The van der Waals surface area contributed by atoms with E-state index in [1.807, 2.05) is 12.1 Å². The van der Waals surface area contributed by atoms with Gasteiger partial charge in [0.25, 0.3) is 5.96 Å². The van der Waals surface area contributed by atoms with E-state index in [-0.39, 0.29) is 0 Å². The number of guanidine groups is 1. The summed E-state index contributed by atoms with van der Waals surface area (Å²) < 4.78 is 12.0. The Hall–Kier alpha value is -2.60. The van der Waals surface area contributed by atoms with Gasteiger partial charge in [-0.2, -0.15) is 5.10 Å². The predicted octanol–water partition coefficient (Wildman–Crippen LogP) is 2.96. The van der Waals surface area contributed by atoms with Crippen LogP contribution in [-0.4, -0.2) is 24.3 Å². The lowest BCUT2D eigenvalue weighted by Gasteiger charge is -2.13. The zero-order valence-electron chi connectivity index (χ0n) is 14.1. The first-order valence-electron chi connectivity index (χ1n) is 7.41. The molecule has 0 aromatic heterocycles. The van der Waals surface area contributed by atoms with Gasteiger partial charge in [-0.25, -0.2) is 10.1 Å². The zero-order chi connectivity index (χ0) is 19.8. The third kappa shape index (κ3) is 6.57. The molecule has 27 heavy (non-hydrogen) atoms. The molecule has 0 bridgehead atoms. The van der Waals surface area contributed by atoms with Crippen molar-refractivity contribution in [2.45, 2.75) is 6.61 Å². The maximum atomic E-state index is 10.2. The molecule has 11 heteroatoms. The number of nitrogens with two attached hydrogens (primary N) is 1. The average molecular weight is 504 g/mol. The summed E-state index contributed by atoms with van der Waals surface area (Å²) in [5, 5.41) is 17.2. The highest BCUT2D eigenvalue weighted by molar-refractivity contribution is 14.1. The molecule has 2 rings (SSSR count). The lowest BCUT2D eigenvalue weighted by molar-refractivity contribution is -0.525. The molecule has 0 unspecified atom stereocenters. The minimum atomic E-state index is -0.826. The van der Waals surface area contributed by atoms with Crippen LogP contribution in [-0.2, 0) is 6.61 Å². The van der Waals surface area contributed by atoms with E-state index in [4.69, 9.17) is 26.8 Å². The molecular weight excluding hydrogens is 489 g/mol.